The first-order chi connectivity index (χ1) is 11.4. The van der Waals surface area contributed by atoms with Crippen LogP contribution >= 0.6 is 39.9 Å². The zero-order valence-corrected chi connectivity index (χ0v) is 19.3. The summed E-state index contributed by atoms with van der Waals surface area (Å²) < 4.78 is 23.4. The Labute approximate surface area is 175 Å². The lowest BCUT2D eigenvalue weighted by Gasteiger charge is -2.20. The van der Waals surface area contributed by atoms with Crippen molar-refractivity contribution in [2.45, 2.75) is 18.9 Å². The number of sulfone groups is 1. The molecule has 0 aromatic heterocycles. The summed E-state index contributed by atoms with van der Waals surface area (Å²) in [4.78, 5) is 6.56. The fourth-order valence-corrected chi connectivity index (χ4v) is 3.63. The van der Waals surface area contributed by atoms with Crippen LogP contribution in [0.2, 0.25) is 0 Å². The molecular weight excluding hydrogens is 519 g/mol. The SMILES string of the molecule is CN=C(NCCCS(C)(=O)=O)NC1CCN(c2ccc(Br)cc2)C1.I. The van der Waals surface area contributed by atoms with E-state index in [1.165, 1.54) is 11.9 Å². The molecule has 25 heavy (non-hydrogen) atoms. The average Bonchev–Trinajstić information content (AvgIpc) is 2.98. The van der Waals surface area contributed by atoms with Gasteiger partial charge in [-0.15, -0.1) is 24.0 Å². The molecule has 0 amide bonds. The van der Waals surface area contributed by atoms with E-state index in [-0.39, 0.29) is 29.7 Å². The number of hydrogen-bond donors (Lipinski definition) is 2. The smallest absolute Gasteiger partial charge is 0.191 e. The molecule has 1 heterocycles. The molecule has 142 valence electrons. The minimum atomic E-state index is -2.90. The molecular formula is C16H26BrIN4O2S. The molecule has 1 unspecified atom stereocenters. The Morgan fingerprint density at radius 3 is 2.64 bits per heavy atom. The summed E-state index contributed by atoms with van der Waals surface area (Å²) in [6.45, 7) is 2.52. The predicted molar refractivity (Wildman–Crippen MR) is 119 cm³/mol. The third kappa shape index (κ3) is 8.12. The summed E-state index contributed by atoms with van der Waals surface area (Å²) in [5.41, 5.74) is 1.22. The van der Waals surface area contributed by atoms with Crippen LogP contribution < -0.4 is 15.5 Å². The zero-order chi connectivity index (χ0) is 17.6. The van der Waals surface area contributed by atoms with Crippen molar-refractivity contribution in [3.63, 3.8) is 0 Å². The Morgan fingerprint density at radius 1 is 1.36 bits per heavy atom. The van der Waals surface area contributed by atoms with Crippen molar-refractivity contribution in [3.8, 4) is 0 Å². The van der Waals surface area contributed by atoms with Gasteiger partial charge in [-0.25, -0.2) is 8.42 Å². The van der Waals surface area contributed by atoms with Gasteiger partial charge in [-0.05, 0) is 37.1 Å². The molecule has 1 saturated heterocycles. The third-order valence-corrected chi connectivity index (χ3v) is 5.49. The van der Waals surface area contributed by atoms with Gasteiger partial charge in [-0.1, -0.05) is 15.9 Å². The van der Waals surface area contributed by atoms with Gasteiger partial charge in [-0.2, -0.15) is 0 Å². The van der Waals surface area contributed by atoms with Gasteiger partial charge >= 0.3 is 0 Å². The Kier molecular flexibility index (Phi) is 9.50. The molecule has 1 aliphatic heterocycles. The molecule has 2 N–H and O–H groups in total. The maximum absolute atomic E-state index is 11.1. The quantitative estimate of drug-likeness (QED) is 0.249. The number of benzene rings is 1. The number of nitrogens with zero attached hydrogens (tertiary/aromatic N) is 2. The Bertz CT molecular complexity index is 667. The minimum absolute atomic E-state index is 0. The van der Waals surface area contributed by atoms with Crippen molar-refractivity contribution in [1.29, 1.82) is 0 Å². The fraction of sp³-hybridized carbons (Fsp3) is 0.562. The summed E-state index contributed by atoms with van der Waals surface area (Å²) in [5, 5.41) is 6.59. The Hall–Kier alpha value is -0.550. The van der Waals surface area contributed by atoms with Crippen LogP contribution in [0.25, 0.3) is 0 Å². The van der Waals surface area contributed by atoms with Crippen molar-refractivity contribution in [1.82, 2.24) is 10.6 Å². The van der Waals surface area contributed by atoms with E-state index in [4.69, 9.17) is 0 Å². The second-order valence-electron chi connectivity index (χ2n) is 6.03. The van der Waals surface area contributed by atoms with E-state index in [1.807, 2.05) is 0 Å². The molecule has 6 nitrogen and oxygen atoms in total. The molecule has 1 fully saturated rings. The van der Waals surface area contributed by atoms with Crippen LogP contribution in [0, 0.1) is 0 Å². The molecule has 0 spiro atoms. The van der Waals surface area contributed by atoms with E-state index >= 15 is 0 Å². The molecule has 1 aromatic rings. The van der Waals surface area contributed by atoms with Crippen LogP contribution in [0.4, 0.5) is 5.69 Å². The summed E-state index contributed by atoms with van der Waals surface area (Å²) in [5.74, 6) is 0.920. The number of halogens is 2. The molecule has 1 atom stereocenters. The second kappa shape index (κ2) is 10.6. The van der Waals surface area contributed by atoms with E-state index in [9.17, 15) is 8.42 Å². The van der Waals surface area contributed by atoms with E-state index in [0.717, 1.165) is 29.9 Å². The predicted octanol–water partition coefficient (Wildman–Crippen LogP) is 2.25. The molecule has 1 aliphatic rings. The highest BCUT2D eigenvalue weighted by Gasteiger charge is 2.23. The van der Waals surface area contributed by atoms with Crippen molar-refractivity contribution in [2.75, 3.05) is 43.6 Å². The van der Waals surface area contributed by atoms with Crippen LogP contribution in [0.3, 0.4) is 0 Å². The van der Waals surface area contributed by atoms with Gasteiger partial charge < -0.3 is 15.5 Å². The normalized spacial score (nSPS) is 18.0. The van der Waals surface area contributed by atoms with Crippen LogP contribution in [0.5, 0.6) is 0 Å². The first-order valence-electron chi connectivity index (χ1n) is 8.03. The summed E-state index contributed by atoms with van der Waals surface area (Å²) in [6.07, 6.45) is 2.88. The molecule has 0 aliphatic carbocycles. The van der Waals surface area contributed by atoms with E-state index in [2.05, 4.69) is 60.7 Å². The lowest BCUT2D eigenvalue weighted by molar-refractivity contribution is 0.597. The van der Waals surface area contributed by atoms with Gasteiger partial charge in [-0.3, -0.25) is 4.99 Å². The van der Waals surface area contributed by atoms with Crippen molar-refractivity contribution in [2.24, 2.45) is 4.99 Å². The number of guanidine groups is 1. The van der Waals surface area contributed by atoms with E-state index in [0.29, 0.717) is 19.0 Å². The number of nitrogens with one attached hydrogen (secondary N) is 2. The summed E-state index contributed by atoms with van der Waals surface area (Å²) in [6, 6.07) is 8.67. The molecule has 9 heteroatoms. The van der Waals surface area contributed by atoms with Crippen LogP contribution in [0.15, 0.2) is 33.7 Å². The third-order valence-electron chi connectivity index (χ3n) is 3.93. The largest absolute Gasteiger partial charge is 0.369 e. The fourth-order valence-electron chi connectivity index (χ4n) is 2.69. The number of anilines is 1. The first-order valence-corrected chi connectivity index (χ1v) is 10.9. The Balaban J connectivity index is 0.00000312. The highest BCUT2D eigenvalue weighted by molar-refractivity contribution is 14.0. The van der Waals surface area contributed by atoms with Gasteiger partial charge in [0.2, 0.25) is 0 Å². The summed E-state index contributed by atoms with van der Waals surface area (Å²) in [7, 11) is -1.17. The molecule has 0 saturated carbocycles. The number of hydrogen-bond acceptors (Lipinski definition) is 4. The van der Waals surface area contributed by atoms with Crippen molar-refractivity contribution in [3.05, 3.63) is 28.7 Å². The number of rotatable bonds is 6. The van der Waals surface area contributed by atoms with Gasteiger partial charge in [0.25, 0.3) is 0 Å². The van der Waals surface area contributed by atoms with Gasteiger partial charge in [0.1, 0.15) is 9.84 Å². The molecule has 2 rings (SSSR count). The standard InChI is InChI=1S/C16H25BrN4O2S.HI/c1-18-16(19-9-3-11-24(2,22)23)20-14-8-10-21(12-14)15-6-4-13(17)5-7-15;/h4-7,14H,3,8-12H2,1-2H3,(H2,18,19,20);1H. The monoisotopic (exact) mass is 544 g/mol. The van der Waals surface area contributed by atoms with E-state index < -0.39 is 9.84 Å². The highest BCUT2D eigenvalue weighted by Crippen LogP contribution is 2.22. The average molecular weight is 545 g/mol. The first kappa shape index (κ1) is 22.5. The number of aliphatic imine (C=N–C) groups is 1. The highest BCUT2D eigenvalue weighted by atomic mass is 127. The van der Waals surface area contributed by atoms with Crippen LogP contribution in [-0.2, 0) is 9.84 Å². The van der Waals surface area contributed by atoms with Gasteiger partial charge in [0, 0.05) is 49.1 Å². The Morgan fingerprint density at radius 2 is 2.04 bits per heavy atom. The van der Waals surface area contributed by atoms with E-state index in [1.54, 1.807) is 7.05 Å². The second-order valence-corrected chi connectivity index (χ2v) is 9.21. The lowest BCUT2D eigenvalue weighted by atomic mass is 10.3. The maximum Gasteiger partial charge on any atom is 0.191 e. The van der Waals surface area contributed by atoms with Crippen molar-refractivity contribution < 1.29 is 8.42 Å². The topological polar surface area (TPSA) is 73.8 Å². The molecule has 1 aromatic carbocycles. The molecule has 0 radical (unpaired) electrons. The van der Waals surface area contributed by atoms with Crippen LogP contribution in [0.1, 0.15) is 12.8 Å². The summed E-state index contributed by atoms with van der Waals surface area (Å²) >= 11 is 3.46. The minimum Gasteiger partial charge on any atom is -0.369 e. The van der Waals surface area contributed by atoms with Gasteiger partial charge in [0.05, 0.1) is 5.75 Å². The lowest BCUT2D eigenvalue weighted by Crippen LogP contribution is -2.45. The zero-order valence-electron chi connectivity index (χ0n) is 14.5. The van der Waals surface area contributed by atoms with Crippen LogP contribution in [-0.4, -0.2) is 59.1 Å². The van der Waals surface area contributed by atoms with Crippen molar-refractivity contribution >= 4 is 61.4 Å². The molecule has 0 bridgehead atoms. The maximum atomic E-state index is 11.1. The van der Waals surface area contributed by atoms with Gasteiger partial charge in [0.15, 0.2) is 5.96 Å².